The first-order valence-corrected chi connectivity index (χ1v) is 12.3. The molecular weight excluding hydrogens is 452 g/mol. The van der Waals surface area contributed by atoms with Gasteiger partial charge in [0.15, 0.2) is 6.61 Å². The van der Waals surface area contributed by atoms with Crippen LogP contribution in [0.2, 0.25) is 0 Å². The Bertz CT molecular complexity index is 1230. The summed E-state index contributed by atoms with van der Waals surface area (Å²) in [6.45, 7) is 1.92. The number of amides is 1. The molecule has 0 atom stereocenters. The highest BCUT2D eigenvalue weighted by Gasteiger charge is 2.33. The number of rotatable bonds is 6. The Kier molecular flexibility index (Phi) is 6.49. The minimum atomic E-state index is -3.59. The van der Waals surface area contributed by atoms with Crippen LogP contribution >= 0.6 is 11.7 Å². The summed E-state index contributed by atoms with van der Waals surface area (Å²) in [6, 6.07) is 11.9. The fourth-order valence-corrected chi connectivity index (χ4v) is 5.56. The van der Waals surface area contributed by atoms with Gasteiger partial charge in [0.1, 0.15) is 11.0 Å². The molecular formula is C21H22N4O5S2. The van der Waals surface area contributed by atoms with Gasteiger partial charge in [0.2, 0.25) is 10.0 Å². The van der Waals surface area contributed by atoms with Gasteiger partial charge in [-0.15, -0.1) is 0 Å². The van der Waals surface area contributed by atoms with E-state index in [2.05, 4.69) is 14.1 Å². The number of piperidine rings is 1. The fraction of sp³-hybridized carbons (Fsp3) is 0.333. The smallest absolute Gasteiger partial charge is 0.309 e. The van der Waals surface area contributed by atoms with Crippen molar-refractivity contribution >= 4 is 50.3 Å². The van der Waals surface area contributed by atoms with Gasteiger partial charge in [-0.25, -0.2) is 8.42 Å². The molecule has 0 bridgehead atoms. The number of hydrogen-bond acceptors (Lipinski definition) is 8. The Hall–Kier alpha value is -2.89. The van der Waals surface area contributed by atoms with E-state index in [0.29, 0.717) is 29.6 Å². The van der Waals surface area contributed by atoms with Gasteiger partial charge in [-0.1, -0.05) is 23.8 Å². The van der Waals surface area contributed by atoms with Gasteiger partial charge >= 0.3 is 5.97 Å². The maximum atomic E-state index is 12.8. The van der Waals surface area contributed by atoms with E-state index in [1.165, 1.54) is 4.31 Å². The molecule has 1 fully saturated rings. The lowest BCUT2D eigenvalue weighted by Gasteiger charge is -2.30. The van der Waals surface area contributed by atoms with E-state index < -0.39 is 34.4 Å². The number of aromatic nitrogens is 2. The molecule has 32 heavy (non-hydrogen) atoms. The summed E-state index contributed by atoms with van der Waals surface area (Å²) in [5.41, 5.74) is 2.75. The number of aryl methyl sites for hydroxylation is 1. The molecule has 11 heteroatoms. The molecule has 0 spiro atoms. The third kappa shape index (κ3) is 4.79. The van der Waals surface area contributed by atoms with Crippen LogP contribution in [0, 0.1) is 12.8 Å². The second-order valence-electron chi connectivity index (χ2n) is 7.58. The number of hydrogen-bond donors (Lipinski definition) is 1. The molecule has 9 nitrogen and oxygen atoms in total. The molecule has 0 aliphatic carbocycles. The number of anilines is 1. The van der Waals surface area contributed by atoms with E-state index in [9.17, 15) is 18.0 Å². The van der Waals surface area contributed by atoms with Crippen molar-refractivity contribution in [1.29, 1.82) is 0 Å². The molecule has 2 heterocycles. The number of carbonyl (C=O) groups is 2. The second-order valence-corrected chi connectivity index (χ2v) is 10.1. The lowest BCUT2D eigenvalue weighted by molar-refractivity contribution is -0.152. The standard InChI is InChI=1S/C21H22N4O5S2/c1-14-5-7-16(8-6-14)32(28,29)25-11-9-15(10-12-25)21(27)30-13-19(26)22-17-3-2-4-18-20(17)24-31-23-18/h2-8,15H,9-13H2,1H3,(H,22,26). The first-order valence-electron chi connectivity index (χ1n) is 10.1. The Morgan fingerprint density at radius 2 is 1.84 bits per heavy atom. The largest absolute Gasteiger partial charge is 0.455 e. The van der Waals surface area contributed by atoms with E-state index in [1.807, 2.05) is 6.92 Å². The summed E-state index contributed by atoms with van der Waals surface area (Å²) in [6.07, 6.45) is 0.685. The average Bonchev–Trinajstić information content (AvgIpc) is 3.28. The highest BCUT2D eigenvalue weighted by Crippen LogP contribution is 2.25. The number of fused-ring (bicyclic) bond motifs is 1. The summed E-state index contributed by atoms with van der Waals surface area (Å²) in [5.74, 6) is -1.42. The maximum Gasteiger partial charge on any atom is 0.309 e. The minimum absolute atomic E-state index is 0.223. The van der Waals surface area contributed by atoms with Crippen molar-refractivity contribution < 1.29 is 22.7 Å². The Morgan fingerprint density at radius 1 is 1.12 bits per heavy atom. The van der Waals surface area contributed by atoms with Crippen molar-refractivity contribution in [2.75, 3.05) is 25.0 Å². The van der Waals surface area contributed by atoms with Gasteiger partial charge in [0.05, 0.1) is 28.2 Å². The monoisotopic (exact) mass is 474 g/mol. The van der Waals surface area contributed by atoms with Gasteiger partial charge in [-0.05, 0) is 44.0 Å². The minimum Gasteiger partial charge on any atom is -0.455 e. The van der Waals surface area contributed by atoms with E-state index in [1.54, 1.807) is 42.5 Å². The molecule has 1 aliphatic rings. The third-order valence-electron chi connectivity index (χ3n) is 5.35. The predicted octanol–water partition coefficient (Wildman–Crippen LogP) is 2.58. The number of esters is 1. The van der Waals surface area contributed by atoms with Crippen LogP contribution in [0.15, 0.2) is 47.4 Å². The molecule has 1 aliphatic heterocycles. The summed E-state index contributed by atoms with van der Waals surface area (Å²) in [5, 5.41) is 2.68. The summed E-state index contributed by atoms with van der Waals surface area (Å²) < 4.78 is 40.4. The van der Waals surface area contributed by atoms with E-state index in [-0.39, 0.29) is 18.0 Å². The van der Waals surface area contributed by atoms with Gasteiger partial charge in [0, 0.05) is 13.1 Å². The van der Waals surface area contributed by atoms with E-state index >= 15 is 0 Å². The van der Waals surface area contributed by atoms with Crippen molar-refractivity contribution in [2.45, 2.75) is 24.7 Å². The van der Waals surface area contributed by atoms with Crippen molar-refractivity contribution in [3.63, 3.8) is 0 Å². The lowest BCUT2D eigenvalue weighted by Crippen LogP contribution is -2.40. The predicted molar refractivity (Wildman–Crippen MR) is 120 cm³/mol. The van der Waals surface area contributed by atoms with Crippen LogP contribution in [0.1, 0.15) is 18.4 Å². The van der Waals surface area contributed by atoms with Crippen LogP contribution in [0.3, 0.4) is 0 Å². The van der Waals surface area contributed by atoms with Gasteiger partial charge in [0.25, 0.3) is 5.91 Å². The van der Waals surface area contributed by atoms with Gasteiger partial charge in [-0.3, -0.25) is 9.59 Å². The second kappa shape index (κ2) is 9.31. The van der Waals surface area contributed by atoms with Crippen LogP contribution in [-0.2, 0) is 24.3 Å². The molecule has 1 saturated heterocycles. The number of sulfonamides is 1. The molecule has 0 unspecified atom stereocenters. The first-order chi connectivity index (χ1) is 15.3. The molecule has 2 aromatic carbocycles. The molecule has 1 amide bonds. The maximum absolute atomic E-state index is 12.8. The quantitative estimate of drug-likeness (QED) is 0.546. The Balaban J connectivity index is 1.28. The van der Waals surface area contributed by atoms with Crippen LogP contribution in [0.5, 0.6) is 0 Å². The number of benzene rings is 2. The number of nitrogens with one attached hydrogen (secondary N) is 1. The lowest BCUT2D eigenvalue weighted by atomic mass is 9.98. The highest BCUT2D eigenvalue weighted by molar-refractivity contribution is 7.89. The number of nitrogens with zero attached hydrogens (tertiary/aromatic N) is 3. The highest BCUT2D eigenvalue weighted by atomic mass is 32.2. The summed E-state index contributed by atoms with van der Waals surface area (Å²) in [4.78, 5) is 24.8. The molecule has 1 aromatic heterocycles. The average molecular weight is 475 g/mol. The molecule has 168 valence electrons. The summed E-state index contributed by atoms with van der Waals surface area (Å²) >= 11 is 1.05. The zero-order chi connectivity index (χ0) is 22.7. The summed E-state index contributed by atoms with van der Waals surface area (Å²) in [7, 11) is -3.59. The molecule has 3 aromatic rings. The molecule has 0 radical (unpaired) electrons. The van der Waals surface area contributed by atoms with Crippen LogP contribution in [-0.4, -0.2) is 53.0 Å². The normalized spacial score (nSPS) is 15.5. The zero-order valence-corrected chi connectivity index (χ0v) is 19.0. The van der Waals surface area contributed by atoms with Crippen LogP contribution in [0.4, 0.5) is 5.69 Å². The van der Waals surface area contributed by atoms with Crippen molar-refractivity contribution in [3.8, 4) is 0 Å². The Morgan fingerprint density at radius 3 is 2.56 bits per heavy atom. The first kappa shape index (κ1) is 22.3. The molecule has 1 N–H and O–H groups in total. The number of ether oxygens (including phenoxy) is 1. The zero-order valence-electron chi connectivity index (χ0n) is 17.4. The Labute approximate surface area is 189 Å². The van der Waals surface area contributed by atoms with Gasteiger partial charge in [-0.2, -0.15) is 13.1 Å². The SMILES string of the molecule is Cc1ccc(S(=O)(=O)N2CCC(C(=O)OCC(=O)Nc3cccc4nsnc34)CC2)cc1. The molecule has 4 rings (SSSR count). The van der Waals surface area contributed by atoms with Gasteiger partial charge < -0.3 is 10.1 Å². The molecule has 0 saturated carbocycles. The van der Waals surface area contributed by atoms with Crippen molar-refractivity contribution in [3.05, 3.63) is 48.0 Å². The third-order valence-corrected chi connectivity index (χ3v) is 7.81. The van der Waals surface area contributed by atoms with Crippen molar-refractivity contribution in [1.82, 2.24) is 13.1 Å². The van der Waals surface area contributed by atoms with E-state index in [0.717, 1.165) is 17.3 Å². The van der Waals surface area contributed by atoms with Crippen LogP contribution < -0.4 is 5.32 Å². The van der Waals surface area contributed by atoms with Crippen LogP contribution in [0.25, 0.3) is 11.0 Å². The van der Waals surface area contributed by atoms with Crippen molar-refractivity contribution in [2.24, 2.45) is 5.92 Å². The van der Waals surface area contributed by atoms with E-state index in [4.69, 9.17) is 4.74 Å². The fourth-order valence-electron chi connectivity index (χ4n) is 3.54. The topological polar surface area (TPSA) is 119 Å². The number of carbonyl (C=O) groups excluding carboxylic acids is 2.